The molecule has 0 fully saturated rings. The van der Waals surface area contributed by atoms with Crippen LogP contribution in [0.25, 0.3) is 16.7 Å². The summed E-state index contributed by atoms with van der Waals surface area (Å²) in [5.74, 6) is 1.76. The van der Waals surface area contributed by atoms with Gasteiger partial charge < -0.3 is 4.74 Å². The molecule has 3 nitrogen and oxygen atoms in total. The summed E-state index contributed by atoms with van der Waals surface area (Å²) in [5, 5.41) is 0.558. The lowest BCUT2D eigenvalue weighted by molar-refractivity contribution is 0.415. The van der Waals surface area contributed by atoms with Crippen LogP contribution in [-0.2, 0) is 5.88 Å². The third-order valence-electron chi connectivity index (χ3n) is 3.20. The molecule has 0 saturated carbocycles. The Bertz CT molecular complexity index is 817. The van der Waals surface area contributed by atoms with Crippen molar-refractivity contribution in [2.75, 3.05) is 7.11 Å². The SMILES string of the molecule is COc1ccc(-n2c(CCl)nc3cc(I)ccc32)cc1Cl. The van der Waals surface area contributed by atoms with Crippen LogP contribution in [0.5, 0.6) is 5.75 Å². The Morgan fingerprint density at radius 3 is 2.71 bits per heavy atom. The van der Waals surface area contributed by atoms with Crippen LogP contribution in [0.4, 0.5) is 0 Å². The maximum atomic E-state index is 6.23. The topological polar surface area (TPSA) is 27.1 Å². The molecule has 3 aromatic rings. The molecule has 0 saturated heterocycles. The molecule has 0 aliphatic heterocycles. The van der Waals surface area contributed by atoms with Crippen molar-refractivity contribution >= 4 is 56.8 Å². The van der Waals surface area contributed by atoms with Gasteiger partial charge in [-0.05, 0) is 59.0 Å². The molecule has 2 aromatic carbocycles. The Morgan fingerprint density at radius 2 is 2.05 bits per heavy atom. The fourth-order valence-corrected chi connectivity index (χ4v) is 3.18. The molecule has 1 heterocycles. The predicted molar refractivity (Wildman–Crippen MR) is 94.9 cm³/mol. The van der Waals surface area contributed by atoms with Crippen molar-refractivity contribution in [2.24, 2.45) is 0 Å². The van der Waals surface area contributed by atoms with Crippen molar-refractivity contribution in [3.05, 3.63) is 50.8 Å². The van der Waals surface area contributed by atoms with E-state index in [0.717, 1.165) is 26.1 Å². The van der Waals surface area contributed by atoms with Gasteiger partial charge in [-0.3, -0.25) is 4.57 Å². The summed E-state index contributed by atoms with van der Waals surface area (Å²) in [6, 6.07) is 11.8. The number of hydrogen-bond donors (Lipinski definition) is 0. The van der Waals surface area contributed by atoms with E-state index in [0.29, 0.717) is 16.7 Å². The monoisotopic (exact) mass is 432 g/mol. The average Bonchev–Trinajstić information content (AvgIpc) is 2.84. The molecule has 0 aliphatic rings. The first-order chi connectivity index (χ1) is 10.1. The highest BCUT2D eigenvalue weighted by molar-refractivity contribution is 14.1. The number of benzene rings is 2. The Morgan fingerprint density at radius 1 is 1.24 bits per heavy atom. The molecule has 0 unspecified atom stereocenters. The van der Waals surface area contributed by atoms with Crippen LogP contribution in [0.1, 0.15) is 5.82 Å². The van der Waals surface area contributed by atoms with Crippen LogP contribution in [0.3, 0.4) is 0 Å². The minimum absolute atomic E-state index is 0.328. The van der Waals surface area contributed by atoms with Gasteiger partial charge in [0.05, 0.1) is 29.0 Å². The molecule has 0 spiro atoms. The Balaban J connectivity index is 2.25. The molecule has 0 amide bonds. The van der Waals surface area contributed by atoms with Gasteiger partial charge >= 0.3 is 0 Å². The maximum Gasteiger partial charge on any atom is 0.137 e. The van der Waals surface area contributed by atoms with Gasteiger partial charge in [-0.15, -0.1) is 11.6 Å². The molecule has 0 aliphatic carbocycles. The molecule has 1 aromatic heterocycles. The first-order valence-electron chi connectivity index (χ1n) is 6.21. The highest BCUT2D eigenvalue weighted by Gasteiger charge is 2.13. The fourth-order valence-electron chi connectivity index (χ4n) is 2.28. The smallest absolute Gasteiger partial charge is 0.137 e. The zero-order valence-corrected chi connectivity index (χ0v) is 14.8. The van der Waals surface area contributed by atoms with E-state index in [9.17, 15) is 0 Å². The lowest BCUT2D eigenvalue weighted by Gasteiger charge is -2.10. The Hall–Kier alpha value is -0.980. The zero-order valence-electron chi connectivity index (χ0n) is 11.1. The zero-order chi connectivity index (χ0) is 15.0. The van der Waals surface area contributed by atoms with Gasteiger partial charge in [-0.1, -0.05) is 11.6 Å². The first kappa shape index (κ1) is 14.9. The first-order valence-corrected chi connectivity index (χ1v) is 8.20. The number of halogens is 3. The van der Waals surface area contributed by atoms with E-state index in [1.165, 1.54) is 0 Å². The quantitative estimate of drug-likeness (QED) is 0.428. The van der Waals surface area contributed by atoms with Crippen molar-refractivity contribution in [1.29, 1.82) is 0 Å². The van der Waals surface area contributed by atoms with Crippen LogP contribution in [-0.4, -0.2) is 16.7 Å². The lowest BCUT2D eigenvalue weighted by atomic mass is 10.2. The third kappa shape index (κ3) is 2.72. The van der Waals surface area contributed by atoms with Gasteiger partial charge in [0, 0.05) is 9.26 Å². The molecule has 6 heteroatoms. The molecule has 0 atom stereocenters. The van der Waals surface area contributed by atoms with E-state index in [2.05, 4.69) is 27.6 Å². The highest BCUT2D eigenvalue weighted by atomic mass is 127. The van der Waals surface area contributed by atoms with E-state index in [4.69, 9.17) is 27.9 Å². The molecule has 21 heavy (non-hydrogen) atoms. The molecule has 3 rings (SSSR count). The number of alkyl halides is 1. The van der Waals surface area contributed by atoms with Crippen molar-refractivity contribution in [3.8, 4) is 11.4 Å². The van der Waals surface area contributed by atoms with Gasteiger partial charge in [0.2, 0.25) is 0 Å². The normalized spacial score (nSPS) is 11.0. The number of rotatable bonds is 3. The molecule has 0 bridgehead atoms. The van der Waals surface area contributed by atoms with Gasteiger partial charge in [0.25, 0.3) is 0 Å². The summed E-state index contributed by atoms with van der Waals surface area (Å²) in [6.07, 6.45) is 0. The molecular weight excluding hydrogens is 422 g/mol. The highest BCUT2D eigenvalue weighted by Crippen LogP contribution is 2.30. The van der Waals surface area contributed by atoms with Crippen molar-refractivity contribution in [1.82, 2.24) is 9.55 Å². The van der Waals surface area contributed by atoms with E-state index in [-0.39, 0.29) is 0 Å². The predicted octanol–water partition coefficient (Wildman–Crippen LogP) is 5.03. The Kier molecular flexibility index (Phi) is 4.28. The standard InChI is InChI=1S/C15H11Cl2IN2O/c1-21-14-5-3-10(7-11(14)17)20-13-4-2-9(18)6-12(13)19-15(20)8-16/h2-7H,8H2,1H3. The summed E-state index contributed by atoms with van der Waals surface area (Å²) in [6.45, 7) is 0. The number of fused-ring (bicyclic) bond motifs is 1. The van der Waals surface area contributed by atoms with Crippen molar-refractivity contribution < 1.29 is 4.74 Å². The summed E-state index contributed by atoms with van der Waals surface area (Å²) in [4.78, 5) is 4.59. The second-order valence-corrected chi connectivity index (χ2v) is 6.37. The van der Waals surface area contributed by atoms with Crippen LogP contribution >= 0.6 is 45.8 Å². The van der Waals surface area contributed by atoms with Gasteiger partial charge in [-0.2, -0.15) is 0 Å². The third-order valence-corrected chi connectivity index (χ3v) is 4.40. The van der Waals surface area contributed by atoms with Crippen LogP contribution in [0.15, 0.2) is 36.4 Å². The lowest BCUT2D eigenvalue weighted by Crippen LogP contribution is -1.99. The summed E-state index contributed by atoms with van der Waals surface area (Å²) < 4.78 is 8.35. The van der Waals surface area contributed by atoms with Crippen LogP contribution in [0.2, 0.25) is 5.02 Å². The van der Waals surface area contributed by atoms with Gasteiger partial charge in [0.1, 0.15) is 11.6 Å². The molecular formula is C15H11Cl2IN2O. The van der Waals surface area contributed by atoms with Gasteiger partial charge in [0.15, 0.2) is 0 Å². The Labute approximate surface area is 146 Å². The maximum absolute atomic E-state index is 6.23. The summed E-state index contributed by atoms with van der Waals surface area (Å²) >= 11 is 14.5. The van der Waals surface area contributed by atoms with E-state index in [1.54, 1.807) is 7.11 Å². The van der Waals surface area contributed by atoms with E-state index >= 15 is 0 Å². The largest absolute Gasteiger partial charge is 0.495 e. The molecule has 108 valence electrons. The molecule has 0 radical (unpaired) electrons. The number of nitrogens with zero attached hydrogens (tertiary/aromatic N) is 2. The second-order valence-electron chi connectivity index (χ2n) is 4.45. The number of aromatic nitrogens is 2. The van der Waals surface area contributed by atoms with Crippen molar-refractivity contribution in [2.45, 2.75) is 5.88 Å². The minimum atomic E-state index is 0.328. The number of hydrogen-bond acceptors (Lipinski definition) is 2. The van der Waals surface area contributed by atoms with Gasteiger partial charge in [-0.25, -0.2) is 4.98 Å². The second kappa shape index (κ2) is 6.02. The van der Waals surface area contributed by atoms with Crippen LogP contribution in [0, 0.1) is 3.57 Å². The summed E-state index contributed by atoms with van der Waals surface area (Å²) in [5.41, 5.74) is 2.84. The number of imidazole rings is 1. The molecule has 0 N–H and O–H groups in total. The minimum Gasteiger partial charge on any atom is -0.495 e. The number of ether oxygens (including phenoxy) is 1. The van der Waals surface area contributed by atoms with Crippen LogP contribution < -0.4 is 4.74 Å². The fraction of sp³-hybridized carbons (Fsp3) is 0.133. The van der Waals surface area contributed by atoms with E-state index in [1.807, 2.05) is 41.0 Å². The summed E-state index contributed by atoms with van der Waals surface area (Å²) in [7, 11) is 1.60. The van der Waals surface area contributed by atoms with E-state index < -0.39 is 0 Å². The average molecular weight is 433 g/mol. The van der Waals surface area contributed by atoms with Crippen molar-refractivity contribution in [3.63, 3.8) is 0 Å². The number of methoxy groups -OCH3 is 1.